The molecule has 0 amide bonds. The first-order chi connectivity index (χ1) is 7.17. The molecular formula is C8H14ClN3O2S. The topological polar surface area (TPSA) is 74.8 Å². The molecule has 0 fully saturated rings. The molecule has 1 heterocycles. The van der Waals surface area contributed by atoms with Gasteiger partial charge in [0.1, 0.15) is 0 Å². The van der Waals surface area contributed by atoms with E-state index in [2.05, 4.69) is 14.9 Å². The maximum Gasteiger partial charge on any atom is 0.257 e. The standard InChI is InChI=1S/C8H14ClN3O2S/c9-5-2-1-3-6-11-15(13,14)8-4-7-10-12-8/h4,7,11H,1-3,5-6H2,(H,10,12). The number of rotatable bonds is 7. The maximum absolute atomic E-state index is 11.5. The second-order valence-electron chi connectivity index (χ2n) is 3.07. The fraction of sp³-hybridized carbons (Fsp3) is 0.625. The van der Waals surface area contributed by atoms with E-state index in [-0.39, 0.29) is 5.03 Å². The summed E-state index contributed by atoms with van der Waals surface area (Å²) in [6.07, 6.45) is 4.03. The fourth-order valence-corrected chi connectivity index (χ4v) is 2.24. The van der Waals surface area contributed by atoms with Crippen LogP contribution in [0.15, 0.2) is 17.3 Å². The molecule has 0 aliphatic carbocycles. The van der Waals surface area contributed by atoms with Crippen molar-refractivity contribution in [2.24, 2.45) is 0 Å². The van der Waals surface area contributed by atoms with Gasteiger partial charge in [-0.2, -0.15) is 5.10 Å². The summed E-state index contributed by atoms with van der Waals surface area (Å²) in [4.78, 5) is 0. The van der Waals surface area contributed by atoms with E-state index in [0.717, 1.165) is 19.3 Å². The summed E-state index contributed by atoms with van der Waals surface area (Å²) in [6, 6.07) is 1.42. The van der Waals surface area contributed by atoms with Crippen molar-refractivity contribution in [1.29, 1.82) is 0 Å². The first-order valence-electron chi connectivity index (χ1n) is 4.72. The van der Waals surface area contributed by atoms with E-state index in [4.69, 9.17) is 11.6 Å². The van der Waals surface area contributed by atoms with Gasteiger partial charge in [-0.1, -0.05) is 6.42 Å². The molecule has 0 aliphatic rings. The Morgan fingerprint density at radius 3 is 2.80 bits per heavy atom. The third-order valence-corrected chi connectivity index (χ3v) is 3.53. The fourth-order valence-electron chi connectivity index (χ4n) is 1.07. The van der Waals surface area contributed by atoms with Crippen LogP contribution in [0.4, 0.5) is 0 Å². The molecular weight excluding hydrogens is 238 g/mol. The van der Waals surface area contributed by atoms with Crippen molar-refractivity contribution in [3.63, 3.8) is 0 Å². The highest BCUT2D eigenvalue weighted by Gasteiger charge is 2.13. The number of H-pyrrole nitrogens is 1. The number of unbranched alkanes of at least 4 members (excludes halogenated alkanes) is 2. The summed E-state index contributed by atoms with van der Waals surface area (Å²) < 4.78 is 25.5. The van der Waals surface area contributed by atoms with Crippen LogP contribution >= 0.6 is 11.6 Å². The van der Waals surface area contributed by atoms with E-state index in [0.29, 0.717) is 12.4 Å². The van der Waals surface area contributed by atoms with E-state index in [1.165, 1.54) is 12.3 Å². The third kappa shape index (κ3) is 4.19. The van der Waals surface area contributed by atoms with Crippen LogP contribution in [0.1, 0.15) is 19.3 Å². The van der Waals surface area contributed by atoms with Crippen molar-refractivity contribution in [1.82, 2.24) is 14.9 Å². The summed E-state index contributed by atoms with van der Waals surface area (Å²) in [5, 5.41) is 6.09. The number of nitrogens with zero attached hydrogens (tertiary/aromatic N) is 1. The Morgan fingerprint density at radius 1 is 1.40 bits per heavy atom. The number of sulfonamides is 1. The average molecular weight is 252 g/mol. The van der Waals surface area contributed by atoms with Gasteiger partial charge in [-0.25, -0.2) is 13.1 Å². The van der Waals surface area contributed by atoms with E-state index in [9.17, 15) is 8.42 Å². The molecule has 7 heteroatoms. The smallest absolute Gasteiger partial charge is 0.257 e. The molecule has 15 heavy (non-hydrogen) atoms. The predicted molar refractivity (Wildman–Crippen MR) is 58.3 cm³/mol. The van der Waals surface area contributed by atoms with Crippen molar-refractivity contribution < 1.29 is 8.42 Å². The highest BCUT2D eigenvalue weighted by atomic mass is 35.5. The largest absolute Gasteiger partial charge is 0.266 e. The summed E-state index contributed by atoms with van der Waals surface area (Å²) in [7, 11) is -3.41. The van der Waals surface area contributed by atoms with Gasteiger partial charge in [-0.15, -0.1) is 11.6 Å². The lowest BCUT2D eigenvalue weighted by atomic mass is 10.2. The molecule has 0 aromatic carbocycles. The molecule has 0 radical (unpaired) electrons. The third-order valence-electron chi connectivity index (χ3n) is 1.87. The monoisotopic (exact) mass is 251 g/mol. The van der Waals surface area contributed by atoms with Gasteiger partial charge in [0.05, 0.1) is 6.20 Å². The molecule has 2 N–H and O–H groups in total. The van der Waals surface area contributed by atoms with Gasteiger partial charge in [0.25, 0.3) is 10.0 Å². The lowest BCUT2D eigenvalue weighted by Crippen LogP contribution is -2.25. The quantitative estimate of drug-likeness (QED) is 0.563. The average Bonchev–Trinajstić information content (AvgIpc) is 2.70. The molecule has 5 nitrogen and oxygen atoms in total. The minimum Gasteiger partial charge on any atom is -0.266 e. The molecule has 0 bridgehead atoms. The van der Waals surface area contributed by atoms with Crippen LogP contribution in [0.5, 0.6) is 0 Å². The molecule has 1 aromatic heterocycles. The first-order valence-corrected chi connectivity index (χ1v) is 6.73. The zero-order valence-corrected chi connectivity index (χ0v) is 9.81. The Labute approximate surface area is 94.3 Å². The Hall–Kier alpha value is -0.590. The van der Waals surface area contributed by atoms with Crippen LogP contribution in [-0.2, 0) is 10.0 Å². The minimum absolute atomic E-state index is 0.0971. The minimum atomic E-state index is -3.41. The van der Waals surface area contributed by atoms with Crippen molar-refractivity contribution in [3.05, 3.63) is 12.3 Å². The van der Waals surface area contributed by atoms with Gasteiger partial charge in [-0.3, -0.25) is 5.10 Å². The summed E-state index contributed by atoms with van der Waals surface area (Å²) in [5.74, 6) is 0.618. The van der Waals surface area contributed by atoms with Crippen molar-refractivity contribution in [2.75, 3.05) is 12.4 Å². The summed E-state index contributed by atoms with van der Waals surface area (Å²) in [6.45, 7) is 0.429. The molecule has 1 aromatic rings. The Balaban J connectivity index is 2.32. The number of halogens is 1. The van der Waals surface area contributed by atoms with Gasteiger partial charge >= 0.3 is 0 Å². The Kier molecular flexibility index (Phi) is 5.07. The second-order valence-corrected chi connectivity index (χ2v) is 5.18. The number of aromatic amines is 1. The normalized spacial score (nSPS) is 11.8. The number of alkyl halides is 1. The number of hydrogen-bond acceptors (Lipinski definition) is 3. The van der Waals surface area contributed by atoms with Crippen LogP contribution in [0.2, 0.25) is 0 Å². The summed E-state index contributed by atoms with van der Waals surface area (Å²) in [5.41, 5.74) is 0. The van der Waals surface area contributed by atoms with Gasteiger partial charge in [-0.05, 0) is 18.9 Å². The molecule has 0 spiro atoms. The van der Waals surface area contributed by atoms with Crippen LogP contribution in [0.25, 0.3) is 0 Å². The number of aromatic nitrogens is 2. The van der Waals surface area contributed by atoms with Crippen LogP contribution in [0, 0.1) is 0 Å². The predicted octanol–water partition coefficient (Wildman–Crippen LogP) is 1.10. The zero-order valence-electron chi connectivity index (χ0n) is 8.24. The summed E-state index contributed by atoms with van der Waals surface area (Å²) >= 11 is 5.50. The lowest BCUT2D eigenvalue weighted by molar-refractivity contribution is 0.572. The molecule has 0 unspecified atom stereocenters. The maximum atomic E-state index is 11.5. The van der Waals surface area contributed by atoms with E-state index >= 15 is 0 Å². The van der Waals surface area contributed by atoms with Crippen molar-refractivity contribution in [3.8, 4) is 0 Å². The highest BCUT2D eigenvalue weighted by Crippen LogP contribution is 2.03. The lowest BCUT2D eigenvalue weighted by Gasteiger charge is -2.03. The van der Waals surface area contributed by atoms with Crippen molar-refractivity contribution in [2.45, 2.75) is 24.3 Å². The highest BCUT2D eigenvalue weighted by molar-refractivity contribution is 7.89. The number of nitrogens with one attached hydrogen (secondary N) is 2. The first kappa shape index (κ1) is 12.5. The molecule has 0 saturated carbocycles. The molecule has 86 valence electrons. The van der Waals surface area contributed by atoms with E-state index < -0.39 is 10.0 Å². The SMILES string of the molecule is O=S(=O)(NCCCCCCl)c1ccn[nH]1. The van der Waals surface area contributed by atoms with E-state index in [1.807, 2.05) is 0 Å². The molecule has 0 aliphatic heterocycles. The van der Waals surface area contributed by atoms with Gasteiger partial charge in [0, 0.05) is 12.4 Å². The van der Waals surface area contributed by atoms with Gasteiger partial charge in [0.2, 0.25) is 0 Å². The van der Waals surface area contributed by atoms with Gasteiger partial charge < -0.3 is 0 Å². The van der Waals surface area contributed by atoms with Crippen molar-refractivity contribution >= 4 is 21.6 Å². The Bertz CT molecular complexity index is 363. The van der Waals surface area contributed by atoms with Gasteiger partial charge in [0.15, 0.2) is 5.03 Å². The molecule has 1 rings (SSSR count). The number of hydrogen-bond donors (Lipinski definition) is 2. The molecule has 0 atom stereocenters. The Morgan fingerprint density at radius 2 is 2.20 bits per heavy atom. The van der Waals surface area contributed by atoms with Crippen LogP contribution < -0.4 is 4.72 Å². The molecule has 0 saturated heterocycles. The van der Waals surface area contributed by atoms with Crippen LogP contribution in [-0.4, -0.2) is 31.0 Å². The second kappa shape index (κ2) is 6.09. The van der Waals surface area contributed by atoms with Crippen LogP contribution in [0.3, 0.4) is 0 Å². The van der Waals surface area contributed by atoms with E-state index in [1.54, 1.807) is 0 Å². The zero-order chi connectivity index (χ0) is 11.1.